The highest BCUT2D eigenvalue weighted by Gasteiger charge is 2.65. The van der Waals surface area contributed by atoms with E-state index in [1.807, 2.05) is 6.08 Å². The van der Waals surface area contributed by atoms with Crippen LogP contribution in [0.1, 0.15) is 64.7 Å². The number of benzene rings is 1. The Kier molecular flexibility index (Phi) is 6.04. The standard InChI is InChI=1S/C29H33FO4/c1-3-28-14-12-24-23-11-9-21(31)16-19(23)8-10-25(24)26(28)13-15-29(28,4-2)34-27(32)18-33-22-7-5-6-20(30)17-22/h2,5-7,16-17,23-26H,3,8-15,18H2,1H3/t23?,24?,25?,26?,28-,29-/m0/s1. The molecule has 4 aliphatic carbocycles. The van der Waals surface area contributed by atoms with Crippen LogP contribution in [-0.4, -0.2) is 24.0 Å². The molecule has 0 radical (unpaired) electrons. The second kappa shape index (κ2) is 8.87. The average Bonchev–Trinajstić information content (AvgIpc) is 3.17. The fraction of sp³-hybridized carbons (Fsp3) is 0.586. The van der Waals surface area contributed by atoms with Crippen LogP contribution in [0.2, 0.25) is 0 Å². The molecule has 180 valence electrons. The number of ether oxygens (including phenoxy) is 2. The first-order chi connectivity index (χ1) is 16.4. The maximum Gasteiger partial charge on any atom is 0.345 e. The molecular formula is C29H33FO4. The number of hydrogen-bond acceptors (Lipinski definition) is 4. The topological polar surface area (TPSA) is 52.6 Å². The number of esters is 1. The lowest BCUT2D eigenvalue weighted by Crippen LogP contribution is -2.55. The molecular weight excluding hydrogens is 431 g/mol. The van der Waals surface area contributed by atoms with Crippen molar-refractivity contribution in [2.24, 2.45) is 29.1 Å². The van der Waals surface area contributed by atoms with E-state index in [1.54, 1.807) is 6.07 Å². The van der Waals surface area contributed by atoms with E-state index in [-0.39, 0.29) is 17.8 Å². The van der Waals surface area contributed by atoms with Crippen molar-refractivity contribution in [3.05, 3.63) is 41.7 Å². The number of carbonyl (C=O) groups is 2. The number of fused-ring (bicyclic) bond motifs is 5. The van der Waals surface area contributed by atoms with Gasteiger partial charge in [-0.25, -0.2) is 9.18 Å². The first-order valence-corrected chi connectivity index (χ1v) is 12.7. The Morgan fingerprint density at radius 2 is 2.03 bits per heavy atom. The molecule has 0 N–H and O–H groups in total. The molecule has 6 atom stereocenters. The van der Waals surface area contributed by atoms with Crippen molar-refractivity contribution in [2.75, 3.05) is 6.61 Å². The molecule has 5 heteroatoms. The first-order valence-electron chi connectivity index (χ1n) is 12.7. The van der Waals surface area contributed by atoms with Gasteiger partial charge in [0, 0.05) is 17.9 Å². The van der Waals surface area contributed by atoms with E-state index in [0.29, 0.717) is 42.3 Å². The lowest BCUT2D eigenvalue weighted by molar-refractivity contribution is -0.175. The van der Waals surface area contributed by atoms with Gasteiger partial charge in [0.15, 0.2) is 18.0 Å². The van der Waals surface area contributed by atoms with Crippen LogP contribution in [0.5, 0.6) is 5.75 Å². The van der Waals surface area contributed by atoms with E-state index < -0.39 is 17.4 Å². The number of carbonyl (C=O) groups excluding carboxylic acids is 2. The minimum Gasteiger partial charge on any atom is -0.482 e. The molecule has 0 aliphatic heterocycles. The molecule has 0 saturated heterocycles. The molecule has 5 rings (SSSR count). The normalized spacial score (nSPS) is 36.4. The van der Waals surface area contributed by atoms with Gasteiger partial charge in [-0.05, 0) is 93.2 Å². The predicted octanol–water partition coefficient (Wildman–Crippen LogP) is 5.65. The summed E-state index contributed by atoms with van der Waals surface area (Å²) in [5.74, 6) is 4.70. The quantitative estimate of drug-likeness (QED) is 0.417. The molecule has 3 saturated carbocycles. The zero-order valence-electron chi connectivity index (χ0n) is 19.9. The molecule has 3 fully saturated rings. The van der Waals surface area contributed by atoms with E-state index in [0.717, 1.165) is 44.9 Å². The SMILES string of the molecule is C#C[C@]1(OC(=O)COc2cccc(F)c2)CCC2C3CCC4=CC(=O)CCC4C3CC[C@@]21CC. The van der Waals surface area contributed by atoms with Crippen molar-refractivity contribution in [1.29, 1.82) is 0 Å². The molecule has 4 unspecified atom stereocenters. The third-order valence-corrected chi connectivity index (χ3v) is 9.42. The number of allylic oxidation sites excluding steroid dienone is 1. The summed E-state index contributed by atoms with van der Waals surface area (Å²) in [4.78, 5) is 24.8. The van der Waals surface area contributed by atoms with Gasteiger partial charge in [-0.1, -0.05) is 24.5 Å². The number of terminal acetylenes is 1. The van der Waals surface area contributed by atoms with Crippen molar-refractivity contribution in [1.82, 2.24) is 0 Å². The van der Waals surface area contributed by atoms with Crippen molar-refractivity contribution in [3.63, 3.8) is 0 Å². The predicted molar refractivity (Wildman–Crippen MR) is 126 cm³/mol. The summed E-state index contributed by atoms with van der Waals surface area (Å²) < 4.78 is 25.0. The minimum atomic E-state index is -0.932. The zero-order valence-corrected chi connectivity index (χ0v) is 19.9. The van der Waals surface area contributed by atoms with E-state index in [1.165, 1.54) is 23.8 Å². The number of hydrogen-bond donors (Lipinski definition) is 0. The van der Waals surface area contributed by atoms with Crippen LogP contribution in [0.15, 0.2) is 35.9 Å². The molecule has 4 aliphatic rings. The molecule has 0 bridgehead atoms. The maximum atomic E-state index is 13.4. The van der Waals surface area contributed by atoms with Crippen molar-refractivity contribution >= 4 is 11.8 Å². The van der Waals surface area contributed by atoms with E-state index in [4.69, 9.17) is 15.9 Å². The molecule has 4 nitrogen and oxygen atoms in total. The molecule has 0 heterocycles. The smallest absolute Gasteiger partial charge is 0.345 e. The van der Waals surface area contributed by atoms with Gasteiger partial charge >= 0.3 is 5.97 Å². The maximum absolute atomic E-state index is 13.4. The van der Waals surface area contributed by atoms with Crippen LogP contribution in [0.4, 0.5) is 4.39 Å². The summed E-state index contributed by atoms with van der Waals surface area (Å²) in [7, 11) is 0. The lowest BCUT2D eigenvalue weighted by Gasteiger charge is -2.56. The Hall–Kier alpha value is -2.61. The lowest BCUT2D eigenvalue weighted by atomic mass is 9.49. The Morgan fingerprint density at radius 3 is 2.79 bits per heavy atom. The molecule has 0 spiro atoms. The van der Waals surface area contributed by atoms with Gasteiger partial charge in [0.2, 0.25) is 0 Å². The summed E-state index contributed by atoms with van der Waals surface area (Å²) in [6, 6.07) is 5.72. The van der Waals surface area contributed by atoms with E-state index >= 15 is 0 Å². The van der Waals surface area contributed by atoms with Crippen molar-refractivity contribution < 1.29 is 23.5 Å². The average molecular weight is 465 g/mol. The Morgan fingerprint density at radius 1 is 1.18 bits per heavy atom. The Labute approximate surface area is 201 Å². The largest absolute Gasteiger partial charge is 0.482 e. The van der Waals surface area contributed by atoms with Crippen LogP contribution in [0, 0.1) is 47.2 Å². The second-order valence-corrected chi connectivity index (χ2v) is 10.6. The van der Waals surface area contributed by atoms with Gasteiger partial charge in [0.05, 0.1) is 0 Å². The third-order valence-electron chi connectivity index (χ3n) is 9.42. The van der Waals surface area contributed by atoms with Gasteiger partial charge in [-0.15, -0.1) is 6.42 Å². The molecule has 0 amide bonds. The van der Waals surface area contributed by atoms with Crippen LogP contribution in [0.25, 0.3) is 0 Å². The summed E-state index contributed by atoms with van der Waals surface area (Å²) in [5, 5.41) is 0. The Balaban J connectivity index is 1.34. The summed E-state index contributed by atoms with van der Waals surface area (Å²) in [5.41, 5.74) is 0.199. The minimum absolute atomic E-state index is 0.233. The number of rotatable bonds is 5. The van der Waals surface area contributed by atoms with Gasteiger partial charge in [-0.3, -0.25) is 4.79 Å². The highest BCUT2D eigenvalue weighted by Crippen LogP contribution is 2.67. The summed E-state index contributed by atoms with van der Waals surface area (Å²) in [6.07, 6.45) is 16.3. The highest BCUT2D eigenvalue weighted by molar-refractivity contribution is 5.91. The van der Waals surface area contributed by atoms with Gasteiger partial charge < -0.3 is 9.47 Å². The summed E-state index contributed by atoms with van der Waals surface area (Å²) in [6.45, 7) is 1.88. The van der Waals surface area contributed by atoms with Gasteiger partial charge in [-0.2, -0.15) is 0 Å². The Bertz CT molecular complexity index is 1050. The molecule has 1 aromatic carbocycles. The van der Waals surface area contributed by atoms with Crippen LogP contribution < -0.4 is 4.74 Å². The van der Waals surface area contributed by atoms with Crippen molar-refractivity contribution in [3.8, 4) is 18.1 Å². The number of halogens is 1. The number of ketones is 1. The van der Waals surface area contributed by atoms with Crippen molar-refractivity contribution in [2.45, 2.75) is 70.3 Å². The van der Waals surface area contributed by atoms with E-state index in [9.17, 15) is 14.0 Å². The molecule has 1 aromatic rings. The summed E-state index contributed by atoms with van der Waals surface area (Å²) >= 11 is 0. The fourth-order valence-corrected chi connectivity index (χ4v) is 8.04. The van der Waals surface area contributed by atoms with E-state index in [2.05, 4.69) is 12.8 Å². The highest BCUT2D eigenvalue weighted by atomic mass is 19.1. The second-order valence-electron chi connectivity index (χ2n) is 10.6. The third kappa shape index (κ3) is 3.67. The monoisotopic (exact) mass is 464 g/mol. The first kappa shape index (κ1) is 23.1. The fourth-order valence-electron chi connectivity index (χ4n) is 8.04. The van der Waals surface area contributed by atoms with Crippen LogP contribution in [0.3, 0.4) is 0 Å². The van der Waals surface area contributed by atoms with Gasteiger partial charge in [0.1, 0.15) is 11.6 Å². The van der Waals surface area contributed by atoms with Gasteiger partial charge in [0.25, 0.3) is 0 Å². The zero-order chi connectivity index (χ0) is 23.9. The molecule has 34 heavy (non-hydrogen) atoms. The van der Waals surface area contributed by atoms with Crippen LogP contribution >= 0.6 is 0 Å². The van der Waals surface area contributed by atoms with Crippen LogP contribution in [-0.2, 0) is 14.3 Å². The molecule has 0 aromatic heterocycles.